The summed E-state index contributed by atoms with van der Waals surface area (Å²) in [7, 11) is 0. The first-order valence-electron chi connectivity index (χ1n) is 7.77. The van der Waals surface area contributed by atoms with E-state index >= 15 is 0 Å². The summed E-state index contributed by atoms with van der Waals surface area (Å²) in [6.45, 7) is 0. The average Bonchev–Trinajstić information content (AvgIpc) is 2.85. The van der Waals surface area contributed by atoms with E-state index in [1.807, 2.05) is 12.1 Å². The molecule has 2 aliphatic rings. The molecule has 110 valence electrons. The zero-order valence-electron chi connectivity index (χ0n) is 12.3. The van der Waals surface area contributed by atoms with Gasteiger partial charge in [0, 0.05) is 17.6 Å². The van der Waals surface area contributed by atoms with Gasteiger partial charge < -0.3 is 10.3 Å². The van der Waals surface area contributed by atoms with Gasteiger partial charge in [0.2, 0.25) is 0 Å². The van der Waals surface area contributed by atoms with Crippen molar-refractivity contribution in [3.63, 3.8) is 0 Å². The van der Waals surface area contributed by atoms with Gasteiger partial charge in [0.15, 0.2) is 0 Å². The first-order valence-corrected chi connectivity index (χ1v) is 7.77. The Labute approximate surface area is 128 Å². The summed E-state index contributed by atoms with van der Waals surface area (Å²) in [6.07, 6.45) is 7.51. The summed E-state index contributed by atoms with van der Waals surface area (Å²) in [5, 5.41) is 13.0. The molecule has 2 N–H and O–H groups in total. The molecule has 2 aliphatic carbocycles. The van der Waals surface area contributed by atoms with E-state index in [-0.39, 0.29) is 11.9 Å². The summed E-state index contributed by atoms with van der Waals surface area (Å²) in [4.78, 5) is 15.5. The van der Waals surface area contributed by atoms with Crippen LogP contribution in [0.5, 0.6) is 0 Å². The second-order valence-corrected chi connectivity index (χ2v) is 6.18. The van der Waals surface area contributed by atoms with E-state index in [2.05, 4.69) is 16.4 Å². The molecule has 0 bridgehead atoms. The number of nitriles is 1. The lowest BCUT2D eigenvalue weighted by atomic mass is 9.76. The minimum Gasteiger partial charge on any atom is -0.359 e. The van der Waals surface area contributed by atoms with Crippen molar-refractivity contribution in [3.8, 4) is 6.07 Å². The summed E-state index contributed by atoms with van der Waals surface area (Å²) in [5.74, 6) is -0.0559. The molecule has 0 aliphatic heterocycles. The van der Waals surface area contributed by atoms with E-state index in [0.29, 0.717) is 11.1 Å². The van der Waals surface area contributed by atoms with Crippen LogP contribution in [0.2, 0.25) is 0 Å². The number of allylic oxidation sites excluding steroid dienone is 1. The number of benzene rings is 1. The molecule has 2 fully saturated rings. The van der Waals surface area contributed by atoms with Crippen molar-refractivity contribution in [3.05, 3.63) is 46.7 Å². The number of fused-ring (bicyclic) bond motifs is 1. The smallest absolute Gasteiger partial charge is 0.253 e. The molecule has 0 spiro atoms. The van der Waals surface area contributed by atoms with Gasteiger partial charge in [-0.25, -0.2) is 0 Å². The lowest BCUT2D eigenvalue weighted by molar-refractivity contribution is 0.0929. The number of H-pyrrole nitrogens is 1. The Morgan fingerprint density at radius 2 is 2.09 bits per heavy atom. The van der Waals surface area contributed by atoms with Gasteiger partial charge in [-0.15, -0.1) is 0 Å². The van der Waals surface area contributed by atoms with Gasteiger partial charge in [0.1, 0.15) is 6.07 Å². The minimum absolute atomic E-state index is 0.0559. The van der Waals surface area contributed by atoms with Crippen LogP contribution in [0.4, 0.5) is 0 Å². The highest BCUT2D eigenvalue weighted by Crippen LogP contribution is 2.38. The fourth-order valence-electron chi connectivity index (χ4n) is 3.33. The molecule has 0 atom stereocenters. The van der Waals surface area contributed by atoms with Crippen LogP contribution in [0.25, 0.3) is 10.9 Å². The van der Waals surface area contributed by atoms with Crippen LogP contribution in [0, 0.1) is 11.3 Å². The van der Waals surface area contributed by atoms with Crippen molar-refractivity contribution in [1.29, 1.82) is 5.26 Å². The largest absolute Gasteiger partial charge is 0.359 e. The second kappa shape index (κ2) is 5.03. The zero-order chi connectivity index (χ0) is 15.1. The Morgan fingerprint density at radius 3 is 2.77 bits per heavy atom. The topological polar surface area (TPSA) is 68.7 Å². The number of carbonyl (C=O) groups is 1. The maximum atomic E-state index is 12.5. The van der Waals surface area contributed by atoms with Crippen molar-refractivity contribution < 1.29 is 4.79 Å². The number of aromatic amines is 1. The molecule has 0 unspecified atom stereocenters. The van der Waals surface area contributed by atoms with Gasteiger partial charge in [0.05, 0.1) is 16.6 Å². The van der Waals surface area contributed by atoms with Crippen molar-refractivity contribution in [1.82, 2.24) is 10.3 Å². The number of rotatable bonds is 2. The van der Waals surface area contributed by atoms with Crippen molar-refractivity contribution >= 4 is 16.8 Å². The number of para-hydroxylation sites is 1. The number of carbonyl (C=O) groups excluding carboxylic acids is 1. The van der Waals surface area contributed by atoms with Crippen LogP contribution >= 0.6 is 0 Å². The lowest BCUT2D eigenvalue weighted by Crippen LogP contribution is -2.41. The van der Waals surface area contributed by atoms with Gasteiger partial charge in [-0.3, -0.25) is 4.79 Å². The van der Waals surface area contributed by atoms with Gasteiger partial charge in [0.25, 0.3) is 5.91 Å². The Balaban J connectivity index is 1.52. The van der Waals surface area contributed by atoms with E-state index in [1.54, 1.807) is 23.4 Å². The van der Waals surface area contributed by atoms with E-state index in [1.165, 1.54) is 19.3 Å². The zero-order valence-corrected chi connectivity index (χ0v) is 12.3. The summed E-state index contributed by atoms with van der Waals surface area (Å²) in [5.41, 5.74) is 5.11. The van der Waals surface area contributed by atoms with E-state index < -0.39 is 0 Å². The molecular formula is C18H17N3O. The van der Waals surface area contributed by atoms with Crippen molar-refractivity contribution in [2.45, 2.75) is 38.1 Å². The predicted molar refractivity (Wildman–Crippen MR) is 84.4 cm³/mol. The van der Waals surface area contributed by atoms with Crippen molar-refractivity contribution in [2.24, 2.45) is 0 Å². The molecule has 2 aromatic rings. The maximum Gasteiger partial charge on any atom is 0.253 e. The predicted octanol–water partition coefficient (Wildman–Crippen LogP) is 3.41. The van der Waals surface area contributed by atoms with Gasteiger partial charge in [-0.1, -0.05) is 23.3 Å². The maximum absolute atomic E-state index is 12.5. The number of nitrogens with zero attached hydrogens (tertiary/aromatic N) is 1. The summed E-state index contributed by atoms with van der Waals surface area (Å²) in [6, 6.07) is 7.90. The van der Waals surface area contributed by atoms with Crippen LogP contribution in [-0.4, -0.2) is 16.9 Å². The first kappa shape index (κ1) is 13.1. The fourth-order valence-corrected chi connectivity index (χ4v) is 3.33. The van der Waals surface area contributed by atoms with Gasteiger partial charge in [-0.2, -0.15) is 5.26 Å². The van der Waals surface area contributed by atoms with Gasteiger partial charge in [-0.05, 0) is 38.2 Å². The third-order valence-corrected chi connectivity index (χ3v) is 4.86. The van der Waals surface area contributed by atoms with Crippen LogP contribution in [0.3, 0.4) is 0 Å². The molecule has 1 aromatic carbocycles. The second-order valence-electron chi connectivity index (χ2n) is 6.18. The number of amides is 1. The fraction of sp³-hybridized carbons (Fsp3) is 0.333. The molecular weight excluding hydrogens is 274 g/mol. The Morgan fingerprint density at radius 1 is 1.27 bits per heavy atom. The average molecular weight is 291 g/mol. The molecule has 4 rings (SSSR count). The lowest BCUT2D eigenvalue weighted by Gasteiger charge is -2.35. The summed E-state index contributed by atoms with van der Waals surface area (Å²) < 4.78 is 0. The third-order valence-electron chi connectivity index (χ3n) is 4.86. The standard InChI is InChI=1S/C18H17N3O/c19-9-13-10-20-17-15(13)5-2-6-16(17)18(22)21-14-7-12(8-14)11-3-1-4-11/h2,5-6,10,14,20H,1,3-4,7-8H2,(H,21,22). The quantitative estimate of drug-likeness (QED) is 0.832. The molecule has 0 radical (unpaired) electrons. The Kier molecular flexibility index (Phi) is 3.00. The Hall–Kier alpha value is -2.54. The van der Waals surface area contributed by atoms with E-state index in [0.717, 1.165) is 23.7 Å². The van der Waals surface area contributed by atoms with Crippen molar-refractivity contribution in [2.75, 3.05) is 0 Å². The highest BCUT2D eigenvalue weighted by Gasteiger charge is 2.29. The monoisotopic (exact) mass is 291 g/mol. The molecule has 1 aromatic heterocycles. The number of hydrogen-bond acceptors (Lipinski definition) is 2. The number of aromatic nitrogens is 1. The molecule has 4 nitrogen and oxygen atoms in total. The number of nitrogens with one attached hydrogen (secondary N) is 2. The first-order chi connectivity index (χ1) is 10.8. The van der Waals surface area contributed by atoms with E-state index in [4.69, 9.17) is 5.26 Å². The highest BCUT2D eigenvalue weighted by atomic mass is 16.1. The SMILES string of the molecule is N#Cc1c[nH]c2c(C(=O)NC3CC(=C4CCC4)C3)cccc12. The van der Waals surface area contributed by atoms with Crippen LogP contribution in [0.1, 0.15) is 48.0 Å². The minimum atomic E-state index is -0.0559. The van der Waals surface area contributed by atoms with E-state index in [9.17, 15) is 4.79 Å². The molecule has 4 heteroatoms. The number of hydrogen-bond donors (Lipinski definition) is 2. The molecule has 1 heterocycles. The van der Waals surface area contributed by atoms with Crippen LogP contribution < -0.4 is 5.32 Å². The molecule has 2 saturated carbocycles. The van der Waals surface area contributed by atoms with Crippen LogP contribution in [-0.2, 0) is 0 Å². The third kappa shape index (κ3) is 2.01. The highest BCUT2D eigenvalue weighted by molar-refractivity contribution is 6.07. The Bertz CT molecular complexity index is 824. The van der Waals surface area contributed by atoms with Gasteiger partial charge >= 0.3 is 0 Å². The molecule has 22 heavy (non-hydrogen) atoms. The molecule has 0 saturated heterocycles. The molecule has 1 amide bonds. The normalized spacial score (nSPS) is 20.2. The summed E-state index contributed by atoms with van der Waals surface area (Å²) >= 11 is 0. The van der Waals surface area contributed by atoms with Crippen LogP contribution in [0.15, 0.2) is 35.5 Å².